The molecule has 108 valence electrons. The van der Waals surface area contributed by atoms with Crippen molar-refractivity contribution in [2.24, 2.45) is 0 Å². The first-order valence-electron chi connectivity index (χ1n) is 6.13. The third kappa shape index (κ3) is 5.19. The molecular weight excluding hydrogens is 322 g/mol. The van der Waals surface area contributed by atoms with E-state index in [1.807, 2.05) is 18.2 Å². The van der Waals surface area contributed by atoms with E-state index in [0.717, 1.165) is 21.8 Å². The molecule has 4 nitrogen and oxygen atoms in total. The number of carboxylic acid groups (broad SMARTS) is 1. The van der Waals surface area contributed by atoms with Gasteiger partial charge in [-0.25, -0.2) is 4.79 Å². The molecule has 0 atom stereocenters. The summed E-state index contributed by atoms with van der Waals surface area (Å²) in [4.78, 5) is 12.8. The summed E-state index contributed by atoms with van der Waals surface area (Å²) in [6.45, 7) is 5.70. The lowest BCUT2D eigenvalue weighted by molar-refractivity contribution is -0.131. The van der Waals surface area contributed by atoms with Gasteiger partial charge in [-0.15, -0.1) is 6.58 Å². The molecule has 1 aromatic carbocycles. The van der Waals surface area contributed by atoms with Gasteiger partial charge in [0.05, 0.1) is 6.61 Å². The van der Waals surface area contributed by atoms with Gasteiger partial charge in [0.1, 0.15) is 0 Å². The standard InChI is InChI=1S/C15H18BrNO3/c1-3-8-17(9-10-20-2)14-11-13(16)6-4-12(14)5-7-15(18)19/h3-7,11H,1,8-10H2,2H3,(H,18,19)/b7-5+. The van der Waals surface area contributed by atoms with Gasteiger partial charge in [-0.1, -0.05) is 28.1 Å². The molecule has 0 aliphatic rings. The fraction of sp³-hybridized carbons (Fsp3) is 0.267. The van der Waals surface area contributed by atoms with Crippen molar-refractivity contribution in [3.8, 4) is 0 Å². The Morgan fingerprint density at radius 2 is 2.30 bits per heavy atom. The van der Waals surface area contributed by atoms with Gasteiger partial charge in [-0.2, -0.15) is 0 Å². The maximum Gasteiger partial charge on any atom is 0.328 e. The molecule has 0 bridgehead atoms. The molecule has 1 N–H and O–H groups in total. The molecule has 1 aromatic rings. The van der Waals surface area contributed by atoms with Crippen molar-refractivity contribution in [3.05, 3.63) is 47.0 Å². The SMILES string of the molecule is C=CCN(CCOC)c1cc(Br)ccc1/C=C/C(=O)O. The van der Waals surface area contributed by atoms with Crippen LogP contribution in [0.5, 0.6) is 0 Å². The smallest absolute Gasteiger partial charge is 0.328 e. The first-order chi connectivity index (χ1) is 9.58. The molecule has 0 spiro atoms. The number of anilines is 1. The highest BCUT2D eigenvalue weighted by Gasteiger charge is 2.09. The van der Waals surface area contributed by atoms with Crippen LogP contribution in [0, 0.1) is 0 Å². The Kier molecular flexibility index (Phi) is 7.04. The molecule has 0 aliphatic heterocycles. The summed E-state index contributed by atoms with van der Waals surface area (Å²) in [6, 6.07) is 5.72. The molecule has 0 fully saturated rings. The molecule has 1 rings (SSSR count). The van der Waals surface area contributed by atoms with Crippen LogP contribution in [0.2, 0.25) is 0 Å². The number of halogens is 1. The van der Waals surface area contributed by atoms with E-state index in [1.54, 1.807) is 19.3 Å². The Morgan fingerprint density at radius 3 is 2.90 bits per heavy atom. The second-order valence-corrected chi connectivity index (χ2v) is 5.02. The van der Waals surface area contributed by atoms with Gasteiger partial charge in [-0.05, 0) is 23.8 Å². The van der Waals surface area contributed by atoms with Crippen molar-refractivity contribution in [3.63, 3.8) is 0 Å². The van der Waals surface area contributed by atoms with E-state index in [-0.39, 0.29) is 0 Å². The normalized spacial score (nSPS) is 10.7. The van der Waals surface area contributed by atoms with Gasteiger partial charge in [0, 0.05) is 36.4 Å². The Hall–Kier alpha value is -1.59. The van der Waals surface area contributed by atoms with Gasteiger partial charge in [-0.3, -0.25) is 0 Å². The Morgan fingerprint density at radius 1 is 1.55 bits per heavy atom. The highest BCUT2D eigenvalue weighted by molar-refractivity contribution is 9.10. The molecule has 20 heavy (non-hydrogen) atoms. The minimum atomic E-state index is -0.967. The number of aliphatic carboxylic acids is 1. The molecule has 0 aromatic heterocycles. The van der Waals surface area contributed by atoms with Crippen LogP contribution in [0.1, 0.15) is 5.56 Å². The zero-order valence-corrected chi connectivity index (χ0v) is 13.0. The third-order valence-corrected chi connectivity index (χ3v) is 3.15. The summed E-state index contributed by atoms with van der Waals surface area (Å²) in [5.74, 6) is -0.967. The maximum atomic E-state index is 10.7. The number of hydrogen-bond acceptors (Lipinski definition) is 3. The van der Waals surface area contributed by atoms with Crippen molar-refractivity contribution in [2.75, 3.05) is 31.7 Å². The molecule has 0 saturated carbocycles. The van der Waals surface area contributed by atoms with E-state index < -0.39 is 5.97 Å². The minimum Gasteiger partial charge on any atom is -0.478 e. The zero-order valence-electron chi connectivity index (χ0n) is 11.4. The molecular formula is C15H18BrNO3. The van der Waals surface area contributed by atoms with Gasteiger partial charge in [0.2, 0.25) is 0 Å². The van der Waals surface area contributed by atoms with Crippen LogP contribution in [-0.4, -0.2) is 37.9 Å². The highest BCUT2D eigenvalue weighted by Crippen LogP contribution is 2.26. The first-order valence-corrected chi connectivity index (χ1v) is 6.93. The van der Waals surface area contributed by atoms with Crippen LogP contribution in [0.15, 0.2) is 41.4 Å². The summed E-state index contributed by atoms with van der Waals surface area (Å²) in [5.41, 5.74) is 1.78. The average Bonchev–Trinajstić information content (AvgIpc) is 2.42. The van der Waals surface area contributed by atoms with E-state index >= 15 is 0 Å². The van der Waals surface area contributed by atoms with Crippen molar-refractivity contribution < 1.29 is 14.6 Å². The number of carboxylic acids is 1. The number of rotatable bonds is 8. The lowest BCUT2D eigenvalue weighted by atomic mass is 10.1. The summed E-state index contributed by atoms with van der Waals surface area (Å²) < 4.78 is 6.05. The van der Waals surface area contributed by atoms with Crippen molar-refractivity contribution in [1.82, 2.24) is 0 Å². The lowest BCUT2D eigenvalue weighted by Crippen LogP contribution is -2.28. The molecule has 5 heteroatoms. The summed E-state index contributed by atoms with van der Waals surface area (Å²) in [7, 11) is 1.65. The number of carbonyl (C=O) groups is 1. The van der Waals surface area contributed by atoms with Crippen LogP contribution in [-0.2, 0) is 9.53 Å². The molecule has 0 radical (unpaired) electrons. The zero-order chi connectivity index (χ0) is 15.0. The third-order valence-electron chi connectivity index (χ3n) is 2.65. The molecule has 0 aliphatic carbocycles. The van der Waals surface area contributed by atoms with E-state index in [2.05, 4.69) is 27.4 Å². The van der Waals surface area contributed by atoms with E-state index in [1.165, 1.54) is 0 Å². The summed E-state index contributed by atoms with van der Waals surface area (Å²) >= 11 is 3.44. The number of benzene rings is 1. The Bertz CT molecular complexity index is 500. The second-order valence-electron chi connectivity index (χ2n) is 4.10. The summed E-state index contributed by atoms with van der Waals surface area (Å²) in [6.07, 6.45) is 4.53. The molecule has 0 saturated heterocycles. The predicted octanol–water partition coefficient (Wildman–Crippen LogP) is 3.19. The van der Waals surface area contributed by atoms with Crippen LogP contribution in [0.3, 0.4) is 0 Å². The van der Waals surface area contributed by atoms with Crippen molar-refractivity contribution in [2.45, 2.75) is 0 Å². The monoisotopic (exact) mass is 339 g/mol. The molecule has 0 amide bonds. The molecule has 0 unspecified atom stereocenters. The number of methoxy groups -OCH3 is 1. The van der Waals surface area contributed by atoms with Crippen LogP contribution < -0.4 is 4.90 Å². The molecule has 0 heterocycles. The minimum absolute atomic E-state index is 0.586. The van der Waals surface area contributed by atoms with Gasteiger partial charge >= 0.3 is 5.97 Å². The predicted molar refractivity (Wildman–Crippen MR) is 85.1 cm³/mol. The summed E-state index contributed by atoms with van der Waals surface area (Å²) in [5, 5.41) is 8.76. The fourth-order valence-corrected chi connectivity index (χ4v) is 2.11. The van der Waals surface area contributed by atoms with Gasteiger partial charge in [0.25, 0.3) is 0 Å². The first kappa shape index (κ1) is 16.5. The van der Waals surface area contributed by atoms with Crippen LogP contribution >= 0.6 is 15.9 Å². The van der Waals surface area contributed by atoms with E-state index in [4.69, 9.17) is 9.84 Å². The average molecular weight is 340 g/mol. The topological polar surface area (TPSA) is 49.8 Å². The maximum absolute atomic E-state index is 10.7. The van der Waals surface area contributed by atoms with E-state index in [9.17, 15) is 4.79 Å². The fourth-order valence-electron chi connectivity index (χ4n) is 1.76. The Labute approximate surface area is 127 Å². The second kappa shape index (κ2) is 8.55. The van der Waals surface area contributed by atoms with Crippen molar-refractivity contribution >= 4 is 33.7 Å². The van der Waals surface area contributed by atoms with Crippen molar-refractivity contribution in [1.29, 1.82) is 0 Å². The highest BCUT2D eigenvalue weighted by atomic mass is 79.9. The van der Waals surface area contributed by atoms with E-state index in [0.29, 0.717) is 19.7 Å². The van der Waals surface area contributed by atoms with Crippen LogP contribution in [0.4, 0.5) is 5.69 Å². The number of hydrogen-bond donors (Lipinski definition) is 1. The largest absolute Gasteiger partial charge is 0.478 e. The quantitative estimate of drug-likeness (QED) is 0.583. The number of nitrogens with zero attached hydrogens (tertiary/aromatic N) is 1. The van der Waals surface area contributed by atoms with Gasteiger partial charge in [0.15, 0.2) is 0 Å². The van der Waals surface area contributed by atoms with Crippen LogP contribution in [0.25, 0.3) is 6.08 Å². The number of ether oxygens (including phenoxy) is 1. The Balaban J connectivity index is 3.12. The van der Waals surface area contributed by atoms with Gasteiger partial charge < -0.3 is 14.7 Å². The lowest BCUT2D eigenvalue weighted by Gasteiger charge is -2.25.